The van der Waals surface area contributed by atoms with Crippen molar-refractivity contribution in [3.63, 3.8) is 0 Å². The molecular weight excluding hydrogens is 158 g/mol. The SMILES string of the molecule is C=Cc1cccc(N)c1CC(C)C. The first-order valence-corrected chi connectivity index (χ1v) is 4.65. The molecule has 1 aromatic rings. The van der Waals surface area contributed by atoms with Gasteiger partial charge >= 0.3 is 0 Å². The summed E-state index contributed by atoms with van der Waals surface area (Å²) < 4.78 is 0. The summed E-state index contributed by atoms with van der Waals surface area (Å²) in [7, 11) is 0. The fourth-order valence-electron chi connectivity index (χ4n) is 1.46. The van der Waals surface area contributed by atoms with Crippen LogP contribution in [0.3, 0.4) is 0 Å². The van der Waals surface area contributed by atoms with Gasteiger partial charge in [0.15, 0.2) is 0 Å². The maximum Gasteiger partial charge on any atom is 0.0352 e. The Balaban J connectivity index is 3.07. The molecule has 0 radical (unpaired) electrons. The molecule has 1 heteroatoms. The van der Waals surface area contributed by atoms with Crippen molar-refractivity contribution in [1.82, 2.24) is 0 Å². The van der Waals surface area contributed by atoms with Gasteiger partial charge in [-0.05, 0) is 29.5 Å². The van der Waals surface area contributed by atoms with Crippen LogP contribution in [-0.4, -0.2) is 0 Å². The number of hydrogen-bond acceptors (Lipinski definition) is 1. The zero-order valence-electron chi connectivity index (χ0n) is 8.38. The summed E-state index contributed by atoms with van der Waals surface area (Å²) in [6.45, 7) is 8.17. The first-order chi connectivity index (χ1) is 6.15. The van der Waals surface area contributed by atoms with Crippen molar-refractivity contribution in [2.45, 2.75) is 20.3 Å². The van der Waals surface area contributed by atoms with Gasteiger partial charge in [0.1, 0.15) is 0 Å². The van der Waals surface area contributed by atoms with E-state index in [0.29, 0.717) is 5.92 Å². The predicted octanol–water partition coefficient (Wildman–Crippen LogP) is 3.11. The van der Waals surface area contributed by atoms with Gasteiger partial charge in [0.2, 0.25) is 0 Å². The van der Waals surface area contributed by atoms with Crippen LogP contribution in [0.2, 0.25) is 0 Å². The molecule has 0 bridgehead atoms. The summed E-state index contributed by atoms with van der Waals surface area (Å²) in [5.41, 5.74) is 9.17. The van der Waals surface area contributed by atoms with Crippen LogP contribution in [0.5, 0.6) is 0 Å². The first-order valence-electron chi connectivity index (χ1n) is 4.65. The summed E-state index contributed by atoms with van der Waals surface area (Å²) in [4.78, 5) is 0. The lowest BCUT2D eigenvalue weighted by Gasteiger charge is -2.11. The lowest BCUT2D eigenvalue weighted by Crippen LogP contribution is -2.01. The van der Waals surface area contributed by atoms with E-state index in [-0.39, 0.29) is 0 Å². The van der Waals surface area contributed by atoms with Crippen molar-refractivity contribution in [1.29, 1.82) is 0 Å². The normalized spacial score (nSPS) is 10.4. The van der Waals surface area contributed by atoms with Crippen molar-refractivity contribution in [2.75, 3.05) is 5.73 Å². The highest BCUT2D eigenvalue weighted by Gasteiger charge is 2.05. The Kier molecular flexibility index (Phi) is 3.13. The number of nitrogens with two attached hydrogens (primary N) is 1. The van der Waals surface area contributed by atoms with Gasteiger partial charge in [0.25, 0.3) is 0 Å². The highest BCUT2D eigenvalue weighted by Crippen LogP contribution is 2.21. The highest BCUT2D eigenvalue weighted by atomic mass is 14.6. The second kappa shape index (κ2) is 4.13. The molecular formula is C12H17N. The molecule has 0 atom stereocenters. The maximum atomic E-state index is 5.90. The number of anilines is 1. The molecule has 0 spiro atoms. The van der Waals surface area contributed by atoms with Crippen LogP contribution < -0.4 is 5.73 Å². The average molecular weight is 175 g/mol. The molecule has 70 valence electrons. The van der Waals surface area contributed by atoms with Gasteiger partial charge in [-0.25, -0.2) is 0 Å². The summed E-state index contributed by atoms with van der Waals surface area (Å²) in [6.07, 6.45) is 2.89. The summed E-state index contributed by atoms with van der Waals surface area (Å²) >= 11 is 0. The molecule has 0 saturated carbocycles. The van der Waals surface area contributed by atoms with E-state index in [0.717, 1.165) is 17.7 Å². The largest absolute Gasteiger partial charge is 0.398 e. The first kappa shape index (κ1) is 9.85. The smallest absolute Gasteiger partial charge is 0.0352 e. The van der Waals surface area contributed by atoms with Crippen LogP contribution in [0, 0.1) is 5.92 Å². The third-order valence-electron chi connectivity index (χ3n) is 2.08. The Bertz CT molecular complexity index is 300. The third-order valence-corrected chi connectivity index (χ3v) is 2.08. The Morgan fingerprint density at radius 1 is 1.46 bits per heavy atom. The monoisotopic (exact) mass is 175 g/mol. The molecule has 0 aromatic heterocycles. The second-order valence-electron chi connectivity index (χ2n) is 3.72. The molecule has 0 unspecified atom stereocenters. The van der Waals surface area contributed by atoms with Crippen LogP contribution in [0.15, 0.2) is 24.8 Å². The minimum absolute atomic E-state index is 0.628. The molecule has 0 aliphatic heterocycles. The quantitative estimate of drug-likeness (QED) is 0.702. The summed E-state index contributed by atoms with van der Waals surface area (Å²) in [5.74, 6) is 0.628. The van der Waals surface area contributed by atoms with E-state index >= 15 is 0 Å². The fraction of sp³-hybridized carbons (Fsp3) is 0.333. The van der Waals surface area contributed by atoms with Crippen molar-refractivity contribution in [2.24, 2.45) is 5.92 Å². The molecule has 1 nitrogen and oxygen atoms in total. The molecule has 0 aliphatic carbocycles. The Labute approximate surface area is 80.3 Å². The second-order valence-corrected chi connectivity index (χ2v) is 3.72. The molecule has 2 N–H and O–H groups in total. The lowest BCUT2D eigenvalue weighted by atomic mass is 9.96. The van der Waals surface area contributed by atoms with E-state index in [1.807, 2.05) is 18.2 Å². The van der Waals surface area contributed by atoms with Crippen molar-refractivity contribution in [3.05, 3.63) is 35.9 Å². The Hall–Kier alpha value is -1.24. The molecule has 1 aromatic carbocycles. The minimum atomic E-state index is 0.628. The predicted molar refractivity (Wildman–Crippen MR) is 59.5 cm³/mol. The van der Waals surface area contributed by atoms with Crippen molar-refractivity contribution < 1.29 is 0 Å². The Morgan fingerprint density at radius 3 is 2.69 bits per heavy atom. The van der Waals surface area contributed by atoms with Crippen molar-refractivity contribution >= 4 is 11.8 Å². The van der Waals surface area contributed by atoms with Gasteiger partial charge in [-0.2, -0.15) is 0 Å². The number of benzene rings is 1. The van der Waals surface area contributed by atoms with Gasteiger partial charge in [-0.1, -0.05) is 38.6 Å². The molecule has 0 aliphatic rings. The number of nitrogen functional groups attached to an aromatic ring is 1. The zero-order chi connectivity index (χ0) is 9.84. The third kappa shape index (κ3) is 2.35. The van der Waals surface area contributed by atoms with Gasteiger partial charge in [-0.3, -0.25) is 0 Å². The van der Waals surface area contributed by atoms with Crippen LogP contribution in [0.4, 0.5) is 5.69 Å². The van der Waals surface area contributed by atoms with Crippen LogP contribution in [0.1, 0.15) is 25.0 Å². The van der Waals surface area contributed by atoms with Crippen molar-refractivity contribution in [3.8, 4) is 0 Å². The summed E-state index contributed by atoms with van der Waals surface area (Å²) in [6, 6.07) is 5.97. The standard InChI is InChI=1S/C12H17N/c1-4-10-6-5-7-12(13)11(10)8-9(2)3/h4-7,9H,1,8,13H2,2-3H3. The van der Waals surface area contributed by atoms with E-state index in [4.69, 9.17) is 5.73 Å². The van der Waals surface area contributed by atoms with Gasteiger partial charge in [0, 0.05) is 5.69 Å². The van der Waals surface area contributed by atoms with Gasteiger partial charge < -0.3 is 5.73 Å². The molecule has 0 heterocycles. The van der Waals surface area contributed by atoms with Crippen LogP contribution >= 0.6 is 0 Å². The van der Waals surface area contributed by atoms with Crippen LogP contribution in [-0.2, 0) is 6.42 Å². The number of rotatable bonds is 3. The van der Waals surface area contributed by atoms with E-state index in [1.54, 1.807) is 0 Å². The van der Waals surface area contributed by atoms with Gasteiger partial charge in [0.05, 0.1) is 0 Å². The minimum Gasteiger partial charge on any atom is -0.398 e. The van der Waals surface area contributed by atoms with Crippen LogP contribution in [0.25, 0.3) is 6.08 Å². The molecule has 0 amide bonds. The van der Waals surface area contributed by atoms with E-state index in [2.05, 4.69) is 26.5 Å². The molecule has 0 saturated heterocycles. The molecule has 1 rings (SSSR count). The topological polar surface area (TPSA) is 26.0 Å². The van der Waals surface area contributed by atoms with Gasteiger partial charge in [-0.15, -0.1) is 0 Å². The lowest BCUT2D eigenvalue weighted by molar-refractivity contribution is 0.648. The van der Waals surface area contributed by atoms with E-state index in [1.165, 1.54) is 5.56 Å². The van der Waals surface area contributed by atoms with E-state index < -0.39 is 0 Å². The Morgan fingerprint density at radius 2 is 2.15 bits per heavy atom. The fourth-order valence-corrected chi connectivity index (χ4v) is 1.46. The average Bonchev–Trinajstić information content (AvgIpc) is 2.08. The maximum absolute atomic E-state index is 5.90. The zero-order valence-corrected chi connectivity index (χ0v) is 8.38. The molecule has 0 fully saturated rings. The van der Waals surface area contributed by atoms with E-state index in [9.17, 15) is 0 Å². The highest BCUT2D eigenvalue weighted by molar-refractivity contribution is 5.61. The summed E-state index contributed by atoms with van der Waals surface area (Å²) in [5, 5.41) is 0. The molecule has 13 heavy (non-hydrogen) atoms. The number of hydrogen-bond donors (Lipinski definition) is 1.